The number of nitrogen functional groups attached to an aromatic ring is 1. The van der Waals surface area contributed by atoms with Gasteiger partial charge in [0, 0.05) is 17.8 Å². The van der Waals surface area contributed by atoms with Crippen molar-refractivity contribution in [3.05, 3.63) is 65.5 Å². The second-order valence-corrected chi connectivity index (χ2v) is 4.35. The fourth-order valence-electron chi connectivity index (χ4n) is 1.79. The normalized spacial score (nSPS) is 10.1. The van der Waals surface area contributed by atoms with Crippen LogP contribution in [-0.4, -0.2) is 12.5 Å². The van der Waals surface area contributed by atoms with Crippen molar-refractivity contribution < 1.29 is 9.18 Å². The van der Waals surface area contributed by atoms with Gasteiger partial charge in [0.1, 0.15) is 5.82 Å². The fourth-order valence-corrected chi connectivity index (χ4v) is 1.79. The Bertz CT molecular complexity index is 567. The third-order valence-electron chi connectivity index (χ3n) is 2.93. The third-order valence-corrected chi connectivity index (χ3v) is 2.93. The van der Waals surface area contributed by atoms with Gasteiger partial charge in [-0.1, -0.05) is 12.1 Å². The Labute approximate surface area is 116 Å². The zero-order valence-electron chi connectivity index (χ0n) is 10.9. The molecule has 20 heavy (non-hydrogen) atoms. The lowest BCUT2D eigenvalue weighted by Crippen LogP contribution is -2.25. The lowest BCUT2D eigenvalue weighted by atomic mass is 10.1. The number of carbonyl (C=O) groups excluding carboxylic acids is 1. The van der Waals surface area contributed by atoms with Crippen molar-refractivity contribution in [3.8, 4) is 0 Å². The molecule has 0 atom stereocenters. The van der Waals surface area contributed by atoms with Crippen molar-refractivity contribution in [2.24, 2.45) is 5.84 Å². The zero-order valence-corrected chi connectivity index (χ0v) is 10.9. The summed E-state index contributed by atoms with van der Waals surface area (Å²) in [5, 5.41) is 2.82. The van der Waals surface area contributed by atoms with E-state index >= 15 is 0 Å². The molecule has 1 amide bonds. The topological polar surface area (TPSA) is 67.1 Å². The first kappa shape index (κ1) is 14.0. The average Bonchev–Trinajstić information content (AvgIpc) is 2.49. The molecule has 0 unspecified atom stereocenters. The van der Waals surface area contributed by atoms with Crippen molar-refractivity contribution >= 4 is 11.6 Å². The van der Waals surface area contributed by atoms with Crippen LogP contribution in [0.25, 0.3) is 0 Å². The van der Waals surface area contributed by atoms with Crippen LogP contribution in [0.4, 0.5) is 10.1 Å². The monoisotopic (exact) mass is 273 g/mol. The lowest BCUT2D eigenvalue weighted by molar-refractivity contribution is 0.0954. The Kier molecular flexibility index (Phi) is 4.68. The Hall–Kier alpha value is -2.40. The van der Waals surface area contributed by atoms with Gasteiger partial charge in [-0.2, -0.15) is 0 Å². The number of nitrogens with two attached hydrogens (primary N) is 1. The van der Waals surface area contributed by atoms with Crippen LogP contribution in [0.2, 0.25) is 0 Å². The number of nitrogens with one attached hydrogen (secondary N) is 2. The molecule has 0 spiro atoms. The highest BCUT2D eigenvalue weighted by molar-refractivity contribution is 5.94. The van der Waals surface area contributed by atoms with Crippen LogP contribution in [-0.2, 0) is 6.42 Å². The number of halogens is 1. The molecule has 4 N–H and O–H groups in total. The van der Waals surface area contributed by atoms with Crippen molar-refractivity contribution in [1.82, 2.24) is 5.32 Å². The van der Waals surface area contributed by atoms with Gasteiger partial charge in [-0.15, -0.1) is 0 Å². The quantitative estimate of drug-likeness (QED) is 0.577. The van der Waals surface area contributed by atoms with E-state index in [2.05, 4.69) is 10.7 Å². The molecule has 2 aromatic carbocycles. The molecule has 0 aromatic heterocycles. The Balaban J connectivity index is 1.83. The van der Waals surface area contributed by atoms with Gasteiger partial charge in [0.2, 0.25) is 0 Å². The zero-order chi connectivity index (χ0) is 14.4. The third kappa shape index (κ3) is 3.80. The first-order chi connectivity index (χ1) is 9.69. The largest absolute Gasteiger partial charge is 0.352 e. The minimum Gasteiger partial charge on any atom is -0.352 e. The number of hydrogen-bond donors (Lipinski definition) is 3. The molecule has 0 aliphatic carbocycles. The molecular weight excluding hydrogens is 257 g/mol. The number of hydrazine groups is 1. The lowest BCUT2D eigenvalue weighted by Gasteiger charge is -2.06. The van der Waals surface area contributed by atoms with Gasteiger partial charge < -0.3 is 10.7 Å². The minimum absolute atomic E-state index is 0.143. The molecule has 104 valence electrons. The maximum atomic E-state index is 12.7. The molecule has 0 fully saturated rings. The van der Waals surface area contributed by atoms with Gasteiger partial charge in [-0.05, 0) is 48.4 Å². The number of amides is 1. The van der Waals surface area contributed by atoms with E-state index in [1.54, 1.807) is 36.4 Å². The summed E-state index contributed by atoms with van der Waals surface area (Å²) in [6.07, 6.45) is 0.661. The van der Waals surface area contributed by atoms with Crippen LogP contribution in [0.1, 0.15) is 15.9 Å². The predicted octanol–water partition coefficient (Wildman–Crippen LogP) is 2.08. The summed E-state index contributed by atoms with van der Waals surface area (Å²) in [6.45, 7) is 0.501. The van der Waals surface area contributed by atoms with Crippen LogP contribution >= 0.6 is 0 Å². The molecular formula is C15H16FN3O. The summed E-state index contributed by atoms with van der Waals surface area (Å²) in [5.74, 6) is 4.85. The number of hydrogen-bond acceptors (Lipinski definition) is 3. The molecule has 0 bridgehead atoms. The Morgan fingerprint density at radius 3 is 2.30 bits per heavy atom. The molecule has 2 rings (SSSR count). The summed E-state index contributed by atoms with van der Waals surface area (Å²) < 4.78 is 12.7. The molecule has 0 radical (unpaired) electrons. The number of rotatable bonds is 5. The van der Waals surface area contributed by atoms with E-state index in [0.29, 0.717) is 18.5 Å². The van der Waals surface area contributed by atoms with E-state index in [9.17, 15) is 9.18 Å². The van der Waals surface area contributed by atoms with Crippen molar-refractivity contribution in [3.63, 3.8) is 0 Å². The Morgan fingerprint density at radius 1 is 1.05 bits per heavy atom. The average molecular weight is 273 g/mol. The van der Waals surface area contributed by atoms with Gasteiger partial charge in [0.05, 0.1) is 0 Å². The second kappa shape index (κ2) is 6.68. The standard InChI is InChI=1S/C15H16FN3O/c16-13-5-1-11(2-6-13)9-10-18-15(20)12-3-7-14(19-17)8-4-12/h1-8,19H,9-10,17H2,(H,18,20). The summed E-state index contributed by atoms with van der Waals surface area (Å²) in [4.78, 5) is 11.9. The summed E-state index contributed by atoms with van der Waals surface area (Å²) in [5.41, 5.74) is 4.80. The van der Waals surface area contributed by atoms with E-state index in [1.165, 1.54) is 12.1 Å². The first-order valence-electron chi connectivity index (χ1n) is 6.28. The minimum atomic E-state index is -0.258. The van der Waals surface area contributed by atoms with Gasteiger partial charge in [-0.3, -0.25) is 10.6 Å². The van der Waals surface area contributed by atoms with E-state index in [4.69, 9.17) is 5.84 Å². The summed E-state index contributed by atoms with van der Waals surface area (Å²) in [7, 11) is 0. The SMILES string of the molecule is NNc1ccc(C(=O)NCCc2ccc(F)cc2)cc1. The highest BCUT2D eigenvalue weighted by atomic mass is 19.1. The van der Waals surface area contributed by atoms with Gasteiger partial charge in [0.25, 0.3) is 5.91 Å². The van der Waals surface area contributed by atoms with Crippen LogP contribution < -0.4 is 16.6 Å². The first-order valence-corrected chi connectivity index (χ1v) is 6.28. The van der Waals surface area contributed by atoms with E-state index in [0.717, 1.165) is 11.3 Å². The Morgan fingerprint density at radius 2 is 1.70 bits per heavy atom. The molecule has 0 heterocycles. The van der Waals surface area contributed by atoms with Crippen LogP contribution in [0.5, 0.6) is 0 Å². The van der Waals surface area contributed by atoms with Gasteiger partial charge in [-0.25, -0.2) is 4.39 Å². The van der Waals surface area contributed by atoms with Gasteiger partial charge >= 0.3 is 0 Å². The van der Waals surface area contributed by atoms with E-state index in [1.807, 2.05) is 0 Å². The smallest absolute Gasteiger partial charge is 0.251 e. The van der Waals surface area contributed by atoms with Gasteiger partial charge in [0.15, 0.2) is 0 Å². The second-order valence-electron chi connectivity index (χ2n) is 4.35. The van der Waals surface area contributed by atoms with Crippen LogP contribution in [0, 0.1) is 5.82 Å². The van der Waals surface area contributed by atoms with Crippen molar-refractivity contribution in [2.45, 2.75) is 6.42 Å². The van der Waals surface area contributed by atoms with Crippen molar-refractivity contribution in [2.75, 3.05) is 12.0 Å². The highest BCUT2D eigenvalue weighted by Gasteiger charge is 2.04. The molecule has 2 aromatic rings. The highest BCUT2D eigenvalue weighted by Crippen LogP contribution is 2.08. The van der Waals surface area contributed by atoms with E-state index < -0.39 is 0 Å². The summed E-state index contributed by atoms with van der Waals surface area (Å²) >= 11 is 0. The fraction of sp³-hybridized carbons (Fsp3) is 0.133. The van der Waals surface area contributed by atoms with Crippen molar-refractivity contribution in [1.29, 1.82) is 0 Å². The molecule has 0 saturated heterocycles. The van der Waals surface area contributed by atoms with Crippen LogP contribution in [0.3, 0.4) is 0 Å². The number of anilines is 1. The number of carbonyl (C=O) groups is 1. The maximum Gasteiger partial charge on any atom is 0.251 e. The van der Waals surface area contributed by atoms with E-state index in [-0.39, 0.29) is 11.7 Å². The maximum absolute atomic E-state index is 12.7. The molecule has 0 aliphatic heterocycles. The van der Waals surface area contributed by atoms with Crippen LogP contribution in [0.15, 0.2) is 48.5 Å². The predicted molar refractivity (Wildman–Crippen MR) is 76.7 cm³/mol. The molecule has 4 nitrogen and oxygen atoms in total. The number of benzene rings is 2. The molecule has 0 saturated carbocycles. The summed E-state index contributed by atoms with van der Waals surface area (Å²) in [6, 6.07) is 13.1. The molecule has 0 aliphatic rings. The molecule has 5 heteroatoms.